The molecule has 1 aromatic rings. The van der Waals surface area contributed by atoms with E-state index in [1.54, 1.807) is 0 Å². The van der Waals surface area contributed by atoms with E-state index in [9.17, 15) is 14.7 Å². The van der Waals surface area contributed by atoms with Crippen LogP contribution in [0.4, 0.5) is 0 Å². The maximum Gasteiger partial charge on any atom is 0.308 e. The zero-order chi connectivity index (χ0) is 19.5. The Hall–Kier alpha value is -2.00. The third-order valence-electron chi connectivity index (χ3n) is 3.63. The Morgan fingerprint density at radius 1 is 1.04 bits per heavy atom. The summed E-state index contributed by atoms with van der Waals surface area (Å²) in [4.78, 5) is 23.1. The number of carbonyl (C=O) groups is 2. The molecule has 0 saturated heterocycles. The van der Waals surface area contributed by atoms with E-state index in [4.69, 9.17) is 18.9 Å². The summed E-state index contributed by atoms with van der Waals surface area (Å²) < 4.78 is 26.0. The molecule has 26 heavy (non-hydrogen) atoms. The van der Waals surface area contributed by atoms with Crippen molar-refractivity contribution in [2.45, 2.75) is 44.6 Å². The minimum absolute atomic E-state index is 0.127. The fraction of sp³-hybridized carbons (Fsp3) is 0.556. The molecule has 1 rings (SSSR count). The highest BCUT2D eigenvalue weighted by Gasteiger charge is 2.39. The molecule has 0 spiro atoms. The zero-order valence-electron chi connectivity index (χ0n) is 15.4. The topological polar surface area (TPSA) is 101 Å². The SMILES string of the molecule is COC(=O)C[C@@H](O)C(OCc1ccccc1)C(OC(C)=O)C(OC)OC. The van der Waals surface area contributed by atoms with Crippen molar-refractivity contribution in [2.75, 3.05) is 21.3 Å². The first-order valence-corrected chi connectivity index (χ1v) is 8.06. The van der Waals surface area contributed by atoms with E-state index in [1.807, 2.05) is 30.3 Å². The van der Waals surface area contributed by atoms with Crippen LogP contribution in [0.25, 0.3) is 0 Å². The minimum atomic E-state index is -1.30. The number of rotatable bonds is 11. The number of hydrogen-bond acceptors (Lipinski definition) is 8. The van der Waals surface area contributed by atoms with Crippen LogP contribution in [0, 0.1) is 0 Å². The fourth-order valence-corrected chi connectivity index (χ4v) is 2.40. The molecular formula is C18H26O8. The molecule has 0 heterocycles. The van der Waals surface area contributed by atoms with Gasteiger partial charge in [-0.25, -0.2) is 0 Å². The Kier molecular flexibility index (Phi) is 9.82. The highest BCUT2D eigenvalue weighted by Crippen LogP contribution is 2.20. The maximum absolute atomic E-state index is 11.5. The van der Waals surface area contributed by atoms with Crippen LogP contribution < -0.4 is 0 Å². The second kappa shape index (κ2) is 11.6. The fourth-order valence-electron chi connectivity index (χ4n) is 2.40. The molecule has 0 radical (unpaired) electrons. The predicted octanol–water partition coefficient (Wildman–Crippen LogP) is 1.05. The van der Waals surface area contributed by atoms with Crippen molar-refractivity contribution in [1.82, 2.24) is 0 Å². The second-order valence-electron chi connectivity index (χ2n) is 5.52. The van der Waals surface area contributed by atoms with Crippen LogP contribution in [-0.4, -0.2) is 63.0 Å². The van der Waals surface area contributed by atoms with Crippen LogP contribution in [0.3, 0.4) is 0 Å². The molecule has 146 valence electrons. The lowest BCUT2D eigenvalue weighted by Gasteiger charge is -2.33. The van der Waals surface area contributed by atoms with Gasteiger partial charge in [-0.15, -0.1) is 0 Å². The van der Waals surface area contributed by atoms with Gasteiger partial charge in [-0.05, 0) is 5.56 Å². The molecule has 2 unspecified atom stereocenters. The Labute approximate surface area is 152 Å². The lowest BCUT2D eigenvalue weighted by Crippen LogP contribution is -2.50. The molecule has 0 fully saturated rings. The van der Waals surface area contributed by atoms with Crippen molar-refractivity contribution in [3.05, 3.63) is 35.9 Å². The summed E-state index contributed by atoms with van der Waals surface area (Å²) >= 11 is 0. The van der Waals surface area contributed by atoms with Gasteiger partial charge in [0, 0.05) is 21.1 Å². The Bertz CT molecular complexity index is 543. The van der Waals surface area contributed by atoms with Crippen LogP contribution in [0.1, 0.15) is 18.9 Å². The largest absolute Gasteiger partial charge is 0.469 e. The monoisotopic (exact) mass is 370 g/mol. The summed E-state index contributed by atoms with van der Waals surface area (Å²) in [6.07, 6.45) is -4.81. The Balaban J connectivity index is 3.03. The van der Waals surface area contributed by atoms with Gasteiger partial charge in [-0.3, -0.25) is 9.59 Å². The summed E-state index contributed by atoms with van der Waals surface area (Å²) in [5, 5.41) is 10.5. The van der Waals surface area contributed by atoms with Gasteiger partial charge in [0.1, 0.15) is 6.10 Å². The molecule has 0 aromatic heterocycles. The third kappa shape index (κ3) is 7.09. The normalized spacial score (nSPS) is 14.5. The van der Waals surface area contributed by atoms with Crippen molar-refractivity contribution in [3.63, 3.8) is 0 Å². The standard InChI is InChI=1S/C18H26O8/c1-12(19)26-17(18(23-3)24-4)16(14(20)10-15(21)22-2)25-11-13-8-6-5-7-9-13/h5-9,14,16-18,20H,10-11H2,1-4H3/t14-,16?,17?/m1/s1. The lowest BCUT2D eigenvalue weighted by atomic mass is 10.0. The molecule has 8 heteroatoms. The van der Waals surface area contributed by atoms with Gasteiger partial charge in [0.15, 0.2) is 12.4 Å². The Morgan fingerprint density at radius 2 is 1.65 bits per heavy atom. The molecular weight excluding hydrogens is 344 g/mol. The summed E-state index contributed by atoms with van der Waals surface area (Å²) in [5.41, 5.74) is 0.843. The van der Waals surface area contributed by atoms with Crippen molar-refractivity contribution < 1.29 is 38.4 Å². The molecule has 0 aliphatic rings. The van der Waals surface area contributed by atoms with Crippen molar-refractivity contribution in [1.29, 1.82) is 0 Å². The number of ether oxygens (including phenoxy) is 5. The second-order valence-corrected chi connectivity index (χ2v) is 5.52. The van der Waals surface area contributed by atoms with Crippen LogP contribution in [-0.2, 0) is 39.9 Å². The van der Waals surface area contributed by atoms with Gasteiger partial charge in [-0.2, -0.15) is 0 Å². The molecule has 0 aliphatic carbocycles. The van der Waals surface area contributed by atoms with Gasteiger partial charge >= 0.3 is 11.9 Å². The summed E-state index contributed by atoms with van der Waals surface area (Å²) in [5.74, 6) is -1.23. The molecule has 0 saturated carbocycles. The van der Waals surface area contributed by atoms with E-state index in [-0.39, 0.29) is 13.0 Å². The minimum Gasteiger partial charge on any atom is -0.469 e. The van der Waals surface area contributed by atoms with Crippen molar-refractivity contribution >= 4 is 11.9 Å². The Morgan fingerprint density at radius 3 is 2.15 bits per heavy atom. The number of methoxy groups -OCH3 is 3. The average molecular weight is 370 g/mol. The first-order chi connectivity index (χ1) is 12.4. The van der Waals surface area contributed by atoms with Gasteiger partial charge < -0.3 is 28.8 Å². The average Bonchev–Trinajstić information content (AvgIpc) is 2.63. The number of benzene rings is 1. The molecule has 0 bridgehead atoms. The van der Waals surface area contributed by atoms with Gasteiger partial charge in [0.05, 0.1) is 26.2 Å². The van der Waals surface area contributed by atoms with Crippen molar-refractivity contribution in [3.8, 4) is 0 Å². The van der Waals surface area contributed by atoms with Crippen LogP contribution in [0.15, 0.2) is 30.3 Å². The molecule has 1 N–H and O–H groups in total. The molecule has 0 aliphatic heterocycles. The number of aliphatic hydroxyl groups excluding tert-OH is 1. The maximum atomic E-state index is 11.5. The highest BCUT2D eigenvalue weighted by molar-refractivity contribution is 5.70. The van der Waals surface area contributed by atoms with Crippen LogP contribution in [0.5, 0.6) is 0 Å². The molecule has 0 amide bonds. The molecule has 1 aromatic carbocycles. The molecule has 8 nitrogen and oxygen atoms in total. The van der Waals surface area contributed by atoms with Gasteiger partial charge in [0.25, 0.3) is 0 Å². The zero-order valence-corrected chi connectivity index (χ0v) is 15.4. The number of hydrogen-bond donors (Lipinski definition) is 1. The van der Waals surface area contributed by atoms with Gasteiger partial charge in [0.2, 0.25) is 0 Å². The number of esters is 2. The van der Waals surface area contributed by atoms with Gasteiger partial charge in [-0.1, -0.05) is 30.3 Å². The number of carbonyl (C=O) groups excluding carboxylic acids is 2. The van der Waals surface area contributed by atoms with E-state index in [0.29, 0.717) is 0 Å². The predicted molar refractivity (Wildman–Crippen MR) is 91.0 cm³/mol. The highest BCUT2D eigenvalue weighted by atomic mass is 16.7. The van der Waals surface area contributed by atoms with Crippen molar-refractivity contribution in [2.24, 2.45) is 0 Å². The van der Waals surface area contributed by atoms with E-state index in [2.05, 4.69) is 4.74 Å². The first kappa shape index (κ1) is 22.0. The summed E-state index contributed by atoms with van der Waals surface area (Å²) in [6.45, 7) is 1.35. The number of aliphatic hydroxyl groups is 1. The van der Waals surface area contributed by atoms with Crippen LogP contribution >= 0.6 is 0 Å². The lowest BCUT2D eigenvalue weighted by molar-refractivity contribution is -0.230. The smallest absolute Gasteiger partial charge is 0.308 e. The quantitative estimate of drug-likeness (QED) is 0.456. The summed E-state index contributed by atoms with van der Waals surface area (Å²) in [6, 6.07) is 9.23. The molecule has 3 atom stereocenters. The first-order valence-electron chi connectivity index (χ1n) is 8.06. The van der Waals surface area contributed by atoms with E-state index >= 15 is 0 Å². The van der Waals surface area contributed by atoms with Crippen LogP contribution in [0.2, 0.25) is 0 Å². The third-order valence-corrected chi connectivity index (χ3v) is 3.63. The van der Waals surface area contributed by atoms with E-state index in [1.165, 1.54) is 28.3 Å². The van der Waals surface area contributed by atoms with E-state index in [0.717, 1.165) is 5.56 Å². The summed E-state index contributed by atoms with van der Waals surface area (Å²) in [7, 11) is 3.95. The van der Waals surface area contributed by atoms with E-state index < -0.39 is 36.5 Å².